The number of carbonyl (C=O) groups is 1. The second kappa shape index (κ2) is 5.98. The van der Waals surface area contributed by atoms with E-state index in [1.54, 1.807) is 17.7 Å². The van der Waals surface area contributed by atoms with Crippen molar-refractivity contribution in [3.05, 3.63) is 33.7 Å². The van der Waals surface area contributed by atoms with Gasteiger partial charge in [0, 0.05) is 18.0 Å². The van der Waals surface area contributed by atoms with Gasteiger partial charge >= 0.3 is 0 Å². The smallest absolute Gasteiger partial charge is 0.291 e. The molecule has 0 aliphatic carbocycles. The minimum Gasteiger partial charge on any atom is -0.341 e. The lowest BCUT2D eigenvalue weighted by atomic mass is 9.92. The predicted octanol–water partition coefficient (Wildman–Crippen LogP) is 2.52. The van der Waals surface area contributed by atoms with Crippen LogP contribution in [0.4, 0.5) is 0 Å². The summed E-state index contributed by atoms with van der Waals surface area (Å²) in [5, 5.41) is 4.24. The number of hydrogen-bond donors (Lipinski definition) is 0. The fraction of sp³-hybridized carbons (Fsp3) is 0.500. The van der Waals surface area contributed by atoms with Gasteiger partial charge < -0.3 is 4.90 Å². The summed E-state index contributed by atoms with van der Waals surface area (Å²) < 4.78 is 4.17. The van der Waals surface area contributed by atoms with Crippen LogP contribution in [0.3, 0.4) is 0 Å². The van der Waals surface area contributed by atoms with Gasteiger partial charge in [-0.25, -0.2) is 4.68 Å². The van der Waals surface area contributed by atoms with Crippen LogP contribution in [0.15, 0.2) is 23.3 Å². The Hall–Kier alpha value is -2.15. The Labute approximate surface area is 149 Å². The first-order valence-corrected chi connectivity index (χ1v) is 9.49. The second-order valence-corrected chi connectivity index (χ2v) is 8.63. The maximum atomic E-state index is 12.7. The third-order valence-electron chi connectivity index (χ3n) is 4.92. The van der Waals surface area contributed by atoms with Crippen molar-refractivity contribution in [1.29, 1.82) is 0 Å². The molecule has 2 atom stereocenters. The van der Waals surface area contributed by atoms with Gasteiger partial charge in [-0.05, 0) is 37.3 Å². The van der Waals surface area contributed by atoms with E-state index in [2.05, 4.69) is 25.0 Å². The van der Waals surface area contributed by atoms with Crippen LogP contribution in [-0.2, 0) is 11.3 Å². The fourth-order valence-electron chi connectivity index (χ4n) is 3.93. The third kappa shape index (κ3) is 2.86. The molecule has 0 N–H and O–H groups in total. The highest BCUT2D eigenvalue weighted by Gasteiger charge is 2.26. The van der Waals surface area contributed by atoms with Crippen LogP contribution >= 0.6 is 11.3 Å². The van der Waals surface area contributed by atoms with Crippen molar-refractivity contribution in [3.8, 4) is 0 Å². The van der Waals surface area contributed by atoms with Crippen LogP contribution in [0.25, 0.3) is 15.7 Å². The Morgan fingerprint density at radius 3 is 2.68 bits per heavy atom. The standard InChI is InChI=1S/C18H22N4O2S/c1-11-4-12(2)8-20(7-11)17(23)9-22-18(24)15-6-16-14(5-13(3)25-16)21(15)10-19-22/h5-6,10-12H,4,7-9H2,1-3H3/t11-,12+. The highest BCUT2D eigenvalue weighted by Crippen LogP contribution is 2.27. The molecule has 0 bridgehead atoms. The molecule has 3 aromatic rings. The van der Waals surface area contributed by atoms with Crippen LogP contribution in [0, 0.1) is 18.8 Å². The SMILES string of the molecule is Cc1cc2c(cc3c(=O)n(CC(=O)N4C[C@H](C)C[C@H](C)C4)ncn32)s1. The number of nitrogens with zero attached hydrogens (tertiary/aromatic N) is 4. The van der Waals surface area contributed by atoms with Gasteiger partial charge in [0.05, 0.1) is 10.2 Å². The Balaban J connectivity index is 1.64. The number of amides is 1. The molecule has 4 heterocycles. The van der Waals surface area contributed by atoms with E-state index < -0.39 is 0 Å². The maximum absolute atomic E-state index is 12.7. The van der Waals surface area contributed by atoms with E-state index in [-0.39, 0.29) is 18.0 Å². The number of aromatic nitrogens is 3. The molecule has 132 valence electrons. The van der Waals surface area contributed by atoms with Crippen LogP contribution in [0.1, 0.15) is 25.1 Å². The second-order valence-electron chi connectivity index (χ2n) is 7.34. The van der Waals surface area contributed by atoms with Crippen LogP contribution in [0.5, 0.6) is 0 Å². The van der Waals surface area contributed by atoms with Gasteiger partial charge in [-0.2, -0.15) is 5.10 Å². The number of rotatable bonds is 2. The van der Waals surface area contributed by atoms with Gasteiger partial charge in [-0.3, -0.25) is 14.0 Å². The number of thiophene rings is 1. The fourth-order valence-corrected chi connectivity index (χ4v) is 4.88. The average molecular weight is 358 g/mol. The minimum absolute atomic E-state index is 0.00658. The summed E-state index contributed by atoms with van der Waals surface area (Å²) >= 11 is 1.66. The molecule has 1 aliphatic rings. The van der Waals surface area contributed by atoms with Crippen molar-refractivity contribution < 1.29 is 4.79 Å². The molecule has 0 unspecified atom stereocenters. The van der Waals surface area contributed by atoms with E-state index in [4.69, 9.17) is 0 Å². The number of likely N-dealkylation sites (tertiary alicyclic amines) is 1. The highest BCUT2D eigenvalue weighted by molar-refractivity contribution is 7.19. The molecule has 0 radical (unpaired) electrons. The summed E-state index contributed by atoms with van der Waals surface area (Å²) in [4.78, 5) is 28.4. The quantitative estimate of drug-likeness (QED) is 0.707. The van der Waals surface area contributed by atoms with Gasteiger partial charge in [0.1, 0.15) is 18.4 Å². The molecule has 0 saturated carbocycles. The largest absolute Gasteiger partial charge is 0.341 e. The van der Waals surface area contributed by atoms with Gasteiger partial charge in [0.2, 0.25) is 5.91 Å². The molecule has 1 saturated heterocycles. The number of hydrogen-bond acceptors (Lipinski definition) is 4. The molecular weight excluding hydrogens is 336 g/mol. The summed E-state index contributed by atoms with van der Waals surface area (Å²) in [6.45, 7) is 7.92. The van der Waals surface area contributed by atoms with Crippen molar-refractivity contribution in [3.63, 3.8) is 0 Å². The number of carbonyl (C=O) groups excluding carboxylic acids is 1. The van der Waals surface area contributed by atoms with Crippen molar-refractivity contribution in [2.75, 3.05) is 13.1 Å². The van der Waals surface area contributed by atoms with Gasteiger partial charge in [0.15, 0.2) is 0 Å². The van der Waals surface area contributed by atoms with Crippen LogP contribution in [-0.4, -0.2) is 38.1 Å². The molecule has 7 heteroatoms. The van der Waals surface area contributed by atoms with Gasteiger partial charge in [0.25, 0.3) is 5.56 Å². The Morgan fingerprint density at radius 2 is 1.96 bits per heavy atom. The minimum atomic E-state index is -0.213. The molecule has 0 spiro atoms. The summed E-state index contributed by atoms with van der Waals surface area (Å²) in [5.74, 6) is 0.975. The maximum Gasteiger partial charge on any atom is 0.291 e. The monoisotopic (exact) mass is 358 g/mol. The Bertz CT molecular complexity index is 1010. The van der Waals surface area contributed by atoms with Crippen molar-refractivity contribution in [2.45, 2.75) is 33.7 Å². The van der Waals surface area contributed by atoms with Gasteiger partial charge in [-0.1, -0.05) is 13.8 Å². The van der Waals surface area contributed by atoms with Crippen LogP contribution in [0.2, 0.25) is 0 Å². The molecule has 4 rings (SSSR count). The Morgan fingerprint density at radius 1 is 1.24 bits per heavy atom. The van der Waals surface area contributed by atoms with Crippen molar-refractivity contribution in [2.24, 2.45) is 11.8 Å². The predicted molar refractivity (Wildman–Crippen MR) is 99.1 cm³/mol. The van der Waals surface area contributed by atoms with Crippen molar-refractivity contribution >= 4 is 33.0 Å². The first-order chi connectivity index (χ1) is 11.9. The molecule has 1 aliphatic heterocycles. The molecule has 3 aromatic heterocycles. The molecule has 1 amide bonds. The first kappa shape index (κ1) is 16.3. The third-order valence-corrected chi connectivity index (χ3v) is 5.90. The number of fused-ring (bicyclic) bond motifs is 3. The van der Waals surface area contributed by atoms with E-state index in [1.807, 2.05) is 22.3 Å². The zero-order valence-corrected chi connectivity index (χ0v) is 15.5. The van der Waals surface area contributed by atoms with Gasteiger partial charge in [-0.15, -0.1) is 11.3 Å². The van der Waals surface area contributed by atoms with E-state index in [0.29, 0.717) is 17.4 Å². The topological polar surface area (TPSA) is 59.6 Å². The first-order valence-electron chi connectivity index (χ1n) is 8.67. The molecule has 1 fully saturated rings. The Kier molecular flexibility index (Phi) is 3.91. The molecule has 6 nitrogen and oxygen atoms in total. The lowest BCUT2D eigenvalue weighted by molar-refractivity contribution is -0.134. The highest BCUT2D eigenvalue weighted by atomic mass is 32.1. The summed E-state index contributed by atoms with van der Waals surface area (Å²) in [6, 6.07) is 3.95. The number of aryl methyl sites for hydroxylation is 1. The zero-order valence-electron chi connectivity index (χ0n) is 14.7. The lowest BCUT2D eigenvalue weighted by Gasteiger charge is -2.35. The van der Waals surface area contributed by atoms with Crippen molar-refractivity contribution in [1.82, 2.24) is 19.1 Å². The van der Waals surface area contributed by atoms with E-state index in [0.717, 1.165) is 29.7 Å². The molecule has 25 heavy (non-hydrogen) atoms. The summed E-state index contributed by atoms with van der Waals surface area (Å²) in [7, 11) is 0. The van der Waals surface area contributed by atoms with E-state index in [9.17, 15) is 9.59 Å². The molecule has 0 aromatic carbocycles. The summed E-state index contributed by atoms with van der Waals surface area (Å²) in [5.41, 5.74) is 1.36. The zero-order chi connectivity index (χ0) is 17.7. The van der Waals surface area contributed by atoms with Crippen LogP contribution < -0.4 is 5.56 Å². The molecular formula is C18H22N4O2S. The van der Waals surface area contributed by atoms with E-state index >= 15 is 0 Å². The average Bonchev–Trinajstić information content (AvgIpc) is 3.05. The number of piperidine rings is 1. The summed E-state index contributed by atoms with van der Waals surface area (Å²) in [6.07, 6.45) is 2.79. The lowest BCUT2D eigenvalue weighted by Crippen LogP contribution is -2.45. The van der Waals surface area contributed by atoms with E-state index in [1.165, 1.54) is 9.56 Å². The normalized spacial score (nSPS) is 21.3.